The second-order valence-corrected chi connectivity index (χ2v) is 5.67. The molecule has 1 aromatic carbocycles. The molecule has 18 heavy (non-hydrogen) atoms. The number of benzene rings is 1. The van der Waals surface area contributed by atoms with Crippen molar-refractivity contribution in [2.75, 3.05) is 13.6 Å². The lowest BCUT2D eigenvalue weighted by molar-refractivity contribution is 0.0642. The van der Waals surface area contributed by atoms with Crippen molar-refractivity contribution in [3.8, 4) is 5.75 Å². The lowest BCUT2D eigenvalue weighted by Gasteiger charge is -2.21. The molecule has 2 rings (SSSR count). The van der Waals surface area contributed by atoms with Crippen molar-refractivity contribution in [1.82, 2.24) is 4.90 Å². The van der Waals surface area contributed by atoms with Gasteiger partial charge in [-0.2, -0.15) is 0 Å². The SMILES string of the molecule is CN(CC(O)C1CC1)C(=O)c1ccc(Br)cc1O. The Balaban J connectivity index is 2.04. The van der Waals surface area contributed by atoms with Crippen LogP contribution in [0, 0.1) is 5.92 Å². The number of carbonyl (C=O) groups is 1. The van der Waals surface area contributed by atoms with Crippen LogP contribution in [0.2, 0.25) is 0 Å². The van der Waals surface area contributed by atoms with Crippen molar-refractivity contribution in [1.29, 1.82) is 0 Å². The summed E-state index contributed by atoms with van der Waals surface area (Å²) in [4.78, 5) is 13.5. The number of rotatable bonds is 4. The zero-order valence-corrected chi connectivity index (χ0v) is 11.7. The normalized spacial score (nSPS) is 16.4. The zero-order chi connectivity index (χ0) is 13.3. The molecule has 0 radical (unpaired) electrons. The van der Waals surface area contributed by atoms with E-state index in [-0.39, 0.29) is 17.2 Å². The maximum atomic E-state index is 12.1. The molecule has 4 nitrogen and oxygen atoms in total. The molecule has 2 N–H and O–H groups in total. The molecule has 98 valence electrons. The highest BCUT2D eigenvalue weighted by atomic mass is 79.9. The summed E-state index contributed by atoms with van der Waals surface area (Å²) in [6.07, 6.45) is 1.61. The first-order valence-electron chi connectivity index (χ1n) is 5.91. The van der Waals surface area contributed by atoms with Crippen molar-refractivity contribution in [3.63, 3.8) is 0 Å². The molecular weight excluding hydrogens is 298 g/mol. The van der Waals surface area contributed by atoms with Crippen molar-refractivity contribution < 1.29 is 15.0 Å². The first-order valence-corrected chi connectivity index (χ1v) is 6.70. The van der Waals surface area contributed by atoms with Gasteiger partial charge in [0.15, 0.2) is 0 Å². The van der Waals surface area contributed by atoms with Gasteiger partial charge in [0.1, 0.15) is 5.75 Å². The number of nitrogens with zero attached hydrogens (tertiary/aromatic N) is 1. The molecule has 1 fully saturated rings. The van der Waals surface area contributed by atoms with Crippen molar-refractivity contribution in [2.24, 2.45) is 5.92 Å². The average molecular weight is 314 g/mol. The second kappa shape index (κ2) is 5.28. The van der Waals surface area contributed by atoms with E-state index in [1.807, 2.05) is 0 Å². The Bertz CT molecular complexity index is 460. The Kier molecular flexibility index (Phi) is 3.92. The van der Waals surface area contributed by atoms with Gasteiger partial charge in [-0.25, -0.2) is 0 Å². The summed E-state index contributed by atoms with van der Waals surface area (Å²) in [6.45, 7) is 0.305. The number of likely N-dealkylation sites (N-methyl/N-ethyl adjacent to an activating group) is 1. The molecule has 1 aromatic rings. The van der Waals surface area contributed by atoms with Crippen LogP contribution in [0.1, 0.15) is 23.2 Å². The van der Waals surface area contributed by atoms with E-state index >= 15 is 0 Å². The van der Waals surface area contributed by atoms with Crippen LogP contribution in [0.25, 0.3) is 0 Å². The van der Waals surface area contributed by atoms with Crippen LogP contribution in [-0.2, 0) is 0 Å². The number of halogens is 1. The molecule has 5 heteroatoms. The molecule has 0 saturated heterocycles. The number of hydrogen-bond acceptors (Lipinski definition) is 3. The number of hydrogen-bond donors (Lipinski definition) is 2. The monoisotopic (exact) mass is 313 g/mol. The Morgan fingerprint density at radius 2 is 2.22 bits per heavy atom. The van der Waals surface area contributed by atoms with Gasteiger partial charge < -0.3 is 15.1 Å². The van der Waals surface area contributed by atoms with Gasteiger partial charge in [-0.3, -0.25) is 4.79 Å². The molecule has 1 unspecified atom stereocenters. The summed E-state index contributed by atoms with van der Waals surface area (Å²) < 4.78 is 0.720. The topological polar surface area (TPSA) is 60.8 Å². The van der Waals surface area contributed by atoms with Gasteiger partial charge in [-0.1, -0.05) is 15.9 Å². The van der Waals surface area contributed by atoms with Crippen LogP contribution in [0.15, 0.2) is 22.7 Å². The van der Waals surface area contributed by atoms with Crippen LogP contribution in [-0.4, -0.2) is 40.7 Å². The minimum absolute atomic E-state index is 0.0536. The Hall–Kier alpha value is -1.07. The predicted octanol–water partition coefficient (Wildman–Crippen LogP) is 2.00. The second-order valence-electron chi connectivity index (χ2n) is 4.75. The van der Waals surface area contributed by atoms with E-state index in [2.05, 4.69) is 15.9 Å². The van der Waals surface area contributed by atoms with E-state index < -0.39 is 6.10 Å². The van der Waals surface area contributed by atoms with Gasteiger partial charge in [0.2, 0.25) is 0 Å². The van der Waals surface area contributed by atoms with Crippen LogP contribution in [0.4, 0.5) is 0 Å². The lowest BCUT2D eigenvalue weighted by Crippen LogP contribution is -2.35. The molecule has 0 aliphatic heterocycles. The summed E-state index contributed by atoms with van der Waals surface area (Å²) in [7, 11) is 1.63. The summed E-state index contributed by atoms with van der Waals surface area (Å²) in [5.41, 5.74) is 0.253. The lowest BCUT2D eigenvalue weighted by atomic mass is 10.1. The van der Waals surface area contributed by atoms with E-state index in [4.69, 9.17) is 0 Å². The van der Waals surface area contributed by atoms with Gasteiger partial charge in [0, 0.05) is 18.1 Å². The fourth-order valence-corrected chi connectivity index (χ4v) is 2.23. The van der Waals surface area contributed by atoms with E-state index in [0.29, 0.717) is 12.5 Å². The van der Waals surface area contributed by atoms with Gasteiger partial charge in [0.05, 0.1) is 11.7 Å². The van der Waals surface area contributed by atoms with Gasteiger partial charge in [0.25, 0.3) is 5.91 Å². The predicted molar refractivity (Wildman–Crippen MR) is 71.5 cm³/mol. The third-order valence-corrected chi connectivity index (χ3v) is 3.66. The Labute approximate surface area is 114 Å². The third kappa shape index (κ3) is 3.03. The van der Waals surface area contributed by atoms with E-state index in [9.17, 15) is 15.0 Å². The molecule has 0 aromatic heterocycles. The molecule has 1 atom stereocenters. The largest absolute Gasteiger partial charge is 0.507 e. The van der Waals surface area contributed by atoms with E-state index in [1.54, 1.807) is 19.2 Å². The van der Waals surface area contributed by atoms with Crippen molar-refractivity contribution >= 4 is 21.8 Å². The maximum absolute atomic E-state index is 12.1. The molecule has 1 saturated carbocycles. The van der Waals surface area contributed by atoms with Crippen LogP contribution in [0.3, 0.4) is 0 Å². The molecule has 0 heterocycles. The number of phenols is 1. The maximum Gasteiger partial charge on any atom is 0.257 e. The zero-order valence-electron chi connectivity index (χ0n) is 10.1. The molecule has 1 amide bonds. The molecule has 1 aliphatic rings. The number of carbonyl (C=O) groups excluding carboxylic acids is 1. The number of aromatic hydroxyl groups is 1. The molecule has 1 aliphatic carbocycles. The summed E-state index contributed by atoms with van der Waals surface area (Å²) in [5.74, 6) is 0.000557. The average Bonchev–Trinajstić information content (AvgIpc) is 3.11. The highest BCUT2D eigenvalue weighted by Gasteiger charge is 2.31. The molecule has 0 bridgehead atoms. The van der Waals surface area contributed by atoms with Crippen molar-refractivity contribution in [3.05, 3.63) is 28.2 Å². The summed E-state index contributed by atoms with van der Waals surface area (Å²) >= 11 is 3.23. The van der Waals surface area contributed by atoms with Gasteiger partial charge in [-0.05, 0) is 37.0 Å². The quantitative estimate of drug-likeness (QED) is 0.893. The van der Waals surface area contributed by atoms with Crippen molar-refractivity contribution in [2.45, 2.75) is 18.9 Å². The summed E-state index contributed by atoms with van der Waals surface area (Å²) in [5, 5.41) is 19.5. The van der Waals surface area contributed by atoms with Crippen LogP contribution < -0.4 is 0 Å². The summed E-state index contributed by atoms with van der Waals surface area (Å²) in [6, 6.07) is 4.76. The number of aliphatic hydroxyl groups is 1. The fourth-order valence-electron chi connectivity index (χ4n) is 1.88. The number of amides is 1. The van der Waals surface area contributed by atoms with Crippen LogP contribution >= 0.6 is 15.9 Å². The minimum Gasteiger partial charge on any atom is -0.507 e. The third-order valence-electron chi connectivity index (χ3n) is 3.16. The van der Waals surface area contributed by atoms with Gasteiger partial charge >= 0.3 is 0 Å². The Morgan fingerprint density at radius 3 is 2.78 bits per heavy atom. The van der Waals surface area contributed by atoms with Crippen LogP contribution in [0.5, 0.6) is 5.75 Å². The minimum atomic E-state index is -0.462. The van der Waals surface area contributed by atoms with Gasteiger partial charge in [-0.15, -0.1) is 0 Å². The fraction of sp³-hybridized carbons (Fsp3) is 0.462. The number of aliphatic hydroxyl groups excluding tert-OH is 1. The number of phenolic OH excluding ortho intramolecular Hbond substituents is 1. The molecular formula is C13H16BrNO3. The smallest absolute Gasteiger partial charge is 0.257 e. The Morgan fingerprint density at radius 1 is 1.56 bits per heavy atom. The molecule has 0 spiro atoms. The highest BCUT2D eigenvalue weighted by molar-refractivity contribution is 9.10. The standard InChI is InChI=1S/C13H16BrNO3/c1-15(7-12(17)8-2-3-8)13(18)10-5-4-9(14)6-11(10)16/h4-6,8,12,16-17H,2-3,7H2,1H3. The van der Waals surface area contributed by atoms with E-state index in [1.165, 1.54) is 11.0 Å². The first-order chi connectivity index (χ1) is 8.49. The first kappa shape index (κ1) is 13.4. The van der Waals surface area contributed by atoms with E-state index in [0.717, 1.165) is 17.3 Å². The highest BCUT2D eigenvalue weighted by Crippen LogP contribution is 2.33.